The number of hydrogen-bond donors (Lipinski definition) is 2. The zero-order chi connectivity index (χ0) is 15.2. The van der Waals surface area contributed by atoms with Crippen LogP contribution in [0.2, 0.25) is 5.02 Å². The Morgan fingerprint density at radius 2 is 2.05 bits per heavy atom. The fraction of sp³-hybridized carbons (Fsp3) is 0.214. The fourth-order valence-corrected chi connectivity index (χ4v) is 1.87. The molecule has 0 atom stereocenters. The number of carbonyl (C=O) groups excluding carboxylic acids is 1. The van der Waals surface area contributed by atoms with Gasteiger partial charge in [0.25, 0.3) is 5.91 Å². The van der Waals surface area contributed by atoms with Gasteiger partial charge >= 0.3 is 0 Å². The summed E-state index contributed by atoms with van der Waals surface area (Å²) in [5.74, 6) is -0.0192. The van der Waals surface area contributed by atoms with Crippen molar-refractivity contribution in [1.82, 2.24) is 10.2 Å². The molecule has 0 saturated carbocycles. The molecule has 110 valence electrons. The smallest absolute Gasteiger partial charge is 0.276 e. The van der Waals surface area contributed by atoms with E-state index in [1.807, 2.05) is 6.92 Å². The summed E-state index contributed by atoms with van der Waals surface area (Å²) in [5.41, 5.74) is 1.57. The Morgan fingerprint density at radius 1 is 1.24 bits per heavy atom. The normalized spacial score (nSPS) is 10.0. The number of nitrogens with zero attached hydrogens (tertiary/aromatic N) is 2. The van der Waals surface area contributed by atoms with Crippen molar-refractivity contribution >= 4 is 28.9 Å². The molecule has 0 fully saturated rings. The predicted octanol–water partition coefficient (Wildman–Crippen LogP) is 2.82. The quantitative estimate of drug-likeness (QED) is 0.888. The summed E-state index contributed by atoms with van der Waals surface area (Å²) in [5, 5.41) is 14.0. The van der Waals surface area contributed by atoms with Crippen molar-refractivity contribution in [3.63, 3.8) is 0 Å². The molecule has 0 aliphatic carbocycles. The maximum absolute atomic E-state index is 12.2. The summed E-state index contributed by atoms with van der Waals surface area (Å²) in [6.45, 7) is 2.70. The Morgan fingerprint density at radius 3 is 2.67 bits per heavy atom. The molecule has 0 saturated heterocycles. The molecule has 0 aliphatic rings. The number of anilines is 2. The maximum Gasteiger partial charge on any atom is 0.276 e. The summed E-state index contributed by atoms with van der Waals surface area (Å²) < 4.78 is 4.90. The van der Waals surface area contributed by atoms with E-state index in [0.717, 1.165) is 12.2 Å². The van der Waals surface area contributed by atoms with Crippen LogP contribution in [0.3, 0.4) is 0 Å². The number of halogens is 1. The standard InChI is InChI=1S/C14H15ClN4O2/c1-3-16-10-5-4-9(15)8-12(10)17-14(20)11-6-7-13(21-2)19-18-11/h4-8,16H,3H2,1-2H3,(H,17,20). The molecular weight excluding hydrogens is 292 g/mol. The van der Waals surface area contributed by atoms with Crippen LogP contribution in [0.15, 0.2) is 30.3 Å². The van der Waals surface area contributed by atoms with Crippen LogP contribution in [-0.2, 0) is 0 Å². The molecule has 0 radical (unpaired) electrons. The minimum absolute atomic E-state index is 0.193. The lowest BCUT2D eigenvalue weighted by atomic mass is 10.2. The van der Waals surface area contributed by atoms with Crippen LogP contribution in [0.1, 0.15) is 17.4 Å². The van der Waals surface area contributed by atoms with E-state index in [2.05, 4.69) is 20.8 Å². The molecule has 6 nitrogen and oxygen atoms in total. The highest BCUT2D eigenvalue weighted by molar-refractivity contribution is 6.31. The fourth-order valence-electron chi connectivity index (χ4n) is 1.70. The van der Waals surface area contributed by atoms with Gasteiger partial charge in [0, 0.05) is 17.6 Å². The first-order chi connectivity index (χ1) is 10.1. The summed E-state index contributed by atoms with van der Waals surface area (Å²) in [6, 6.07) is 8.35. The minimum Gasteiger partial charge on any atom is -0.480 e. The van der Waals surface area contributed by atoms with Crippen LogP contribution in [0.4, 0.5) is 11.4 Å². The van der Waals surface area contributed by atoms with E-state index in [1.165, 1.54) is 7.11 Å². The predicted molar refractivity (Wildman–Crippen MR) is 82.2 cm³/mol. The van der Waals surface area contributed by atoms with Gasteiger partial charge < -0.3 is 15.4 Å². The molecular formula is C14H15ClN4O2. The maximum atomic E-state index is 12.2. The second-order valence-corrected chi connectivity index (χ2v) is 4.57. The third-order valence-electron chi connectivity index (χ3n) is 2.68. The van der Waals surface area contributed by atoms with E-state index in [-0.39, 0.29) is 11.6 Å². The molecule has 2 rings (SSSR count). The van der Waals surface area contributed by atoms with E-state index < -0.39 is 0 Å². The van der Waals surface area contributed by atoms with E-state index in [4.69, 9.17) is 16.3 Å². The van der Waals surface area contributed by atoms with Gasteiger partial charge in [-0.1, -0.05) is 11.6 Å². The third kappa shape index (κ3) is 3.82. The third-order valence-corrected chi connectivity index (χ3v) is 2.91. The van der Waals surface area contributed by atoms with Crippen molar-refractivity contribution < 1.29 is 9.53 Å². The number of benzene rings is 1. The molecule has 0 bridgehead atoms. The molecule has 0 aliphatic heterocycles. The molecule has 1 aromatic carbocycles. The highest BCUT2D eigenvalue weighted by Gasteiger charge is 2.11. The number of rotatable bonds is 5. The van der Waals surface area contributed by atoms with Gasteiger partial charge in [-0.2, -0.15) is 0 Å². The van der Waals surface area contributed by atoms with Gasteiger partial charge in [0.2, 0.25) is 5.88 Å². The first-order valence-electron chi connectivity index (χ1n) is 6.36. The molecule has 0 unspecified atom stereocenters. The zero-order valence-electron chi connectivity index (χ0n) is 11.7. The molecule has 2 N–H and O–H groups in total. The molecule has 2 aromatic rings. The number of ether oxygens (including phenoxy) is 1. The Balaban J connectivity index is 2.19. The van der Waals surface area contributed by atoms with E-state index in [9.17, 15) is 4.79 Å². The lowest BCUT2D eigenvalue weighted by Crippen LogP contribution is -2.15. The number of methoxy groups -OCH3 is 1. The van der Waals surface area contributed by atoms with Gasteiger partial charge in [-0.25, -0.2) is 0 Å². The van der Waals surface area contributed by atoms with Crippen LogP contribution >= 0.6 is 11.6 Å². The molecule has 0 spiro atoms. The number of hydrogen-bond acceptors (Lipinski definition) is 5. The van der Waals surface area contributed by atoms with Gasteiger partial charge in [0.1, 0.15) is 0 Å². The highest BCUT2D eigenvalue weighted by Crippen LogP contribution is 2.26. The molecule has 1 heterocycles. The van der Waals surface area contributed by atoms with Gasteiger partial charge in [0.05, 0.1) is 18.5 Å². The van der Waals surface area contributed by atoms with Gasteiger partial charge in [-0.15, -0.1) is 10.2 Å². The van der Waals surface area contributed by atoms with Crippen molar-refractivity contribution in [3.05, 3.63) is 41.0 Å². The Hall–Kier alpha value is -2.34. The molecule has 21 heavy (non-hydrogen) atoms. The van der Waals surface area contributed by atoms with Crippen molar-refractivity contribution in [3.8, 4) is 5.88 Å². The summed E-state index contributed by atoms with van der Waals surface area (Å²) >= 11 is 5.96. The lowest BCUT2D eigenvalue weighted by molar-refractivity contribution is 0.102. The summed E-state index contributed by atoms with van der Waals surface area (Å²) in [7, 11) is 1.48. The van der Waals surface area contributed by atoms with E-state index in [0.29, 0.717) is 16.6 Å². The zero-order valence-corrected chi connectivity index (χ0v) is 12.4. The topological polar surface area (TPSA) is 76.1 Å². The first-order valence-corrected chi connectivity index (χ1v) is 6.74. The second-order valence-electron chi connectivity index (χ2n) is 4.14. The van der Waals surface area contributed by atoms with Crippen molar-refractivity contribution in [1.29, 1.82) is 0 Å². The monoisotopic (exact) mass is 306 g/mol. The van der Waals surface area contributed by atoms with Crippen LogP contribution in [0.25, 0.3) is 0 Å². The van der Waals surface area contributed by atoms with Gasteiger partial charge in [0.15, 0.2) is 5.69 Å². The van der Waals surface area contributed by atoms with E-state index in [1.54, 1.807) is 30.3 Å². The summed E-state index contributed by atoms with van der Waals surface area (Å²) in [6.07, 6.45) is 0. The van der Waals surface area contributed by atoms with Crippen LogP contribution in [-0.4, -0.2) is 29.8 Å². The number of amides is 1. The number of carbonyl (C=O) groups is 1. The number of nitrogens with one attached hydrogen (secondary N) is 2. The SMILES string of the molecule is CCNc1ccc(Cl)cc1NC(=O)c1ccc(OC)nn1. The Bertz CT molecular complexity index is 631. The van der Waals surface area contributed by atoms with E-state index >= 15 is 0 Å². The Labute approximate surface area is 127 Å². The van der Waals surface area contributed by atoms with Crippen molar-refractivity contribution in [2.75, 3.05) is 24.3 Å². The molecule has 1 amide bonds. The highest BCUT2D eigenvalue weighted by atomic mass is 35.5. The summed E-state index contributed by atoms with van der Waals surface area (Å²) in [4.78, 5) is 12.2. The lowest BCUT2D eigenvalue weighted by Gasteiger charge is -2.12. The van der Waals surface area contributed by atoms with Crippen LogP contribution in [0.5, 0.6) is 5.88 Å². The molecule has 1 aromatic heterocycles. The number of aromatic nitrogens is 2. The van der Waals surface area contributed by atoms with Gasteiger partial charge in [-0.3, -0.25) is 4.79 Å². The largest absolute Gasteiger partial charge is 0.480 e. The second kappa shape index (κ2) is 6.90. The first kappa shape index (κ1) is 15.1. The van der Waals surface area contributed by atoms with Crippen LogP contribution in [0, 0.1) is 0 Å². The molecule has 7 heteroatoms. The van der Waals surface area contributed by atoms with Gasteiger partial charge in [-0.05, 0) is 31.2 Å². The van der Waals surface area contributed by atoms with Crippen molar-refractivity contribution in [2.45, 2.75) is 6.92 Å². The Kier molecular flexibility index (Phi) is 4.94. The van der Waals surface area contributed by atoms with Crippen LogP contribution < -0.4 is 15.4 Å². The minimum atomic E-state index is -0.369. The average Bonchev–Trinajstić information content (AvgIpc) is 2.50. The average molecular weight is 307 g/mol. The van der Waals surface area contributed by atoms with Crippen molar-refractivity contribution in [2.24, 2.45) is 0 Å².